The van der Waals surface area contributed by atoms with Crippen molar-refractivity contribution in [3.8, 4) is 0 Å². The summed E-state index contributed by atoms with van der Waals surface area (Å²) < 4.78 is 1.54. The van der Waals surface area contributed by atoms with Crippen molar-refractivity contribution in [1.29, 1.82) is 0 Å². The molecule has 0 aliphatic rings. The van der Waals surface area contributed by atoms with Gasteiger partial charge in [0.1, 0.15) is 5.56 Å². The Kier molecular flexibility index (Phi) is 4.27. The summed E-state index contributed by atoms with van der Waals surface area (Å²) in [7, 11) is 0. The Labute approximate surface area is 143 Å². The third-order valence-corrected chi connectivity index (χ3v) is 4.09. The number of aryl methyl sites for hydroxylation is 1. The quantitative estimate of drug-likeness (QED) is 0.716. The smallest absolute Gasteiger partial charge is 0.263 e. The molecule has 0 aliphatic carbocycles. The number of carbonyl (C=O) groups excluding carboxylic acids is 1. The summed E-state index contributed by atoms with van der Waals surface area (Å²) in [4.78, 5) is 25.2. The van der Waals surface area contributed by atoms with Gasteiger partial charge in [0.15, 0.2) is 0 Å². The lowest BCUT2D eigenvalue weighted by Crippen LogP contribution is -2.29. The van der Waals surface area contributed by atoms with Gasteiger partial charge in [-0.05, 0) is 49.4 Å². The van der Waals surface area contributed by atoms with Crippen LogP contribution < -0.4 is 16.6 Å². The van der Waals surface area contributed by atoms with E-state index in [4.69, 9.17) is 17.3 Å². The number of halogens is 1. The van der Waals surface area contributed by atoms with Crippen molar-refractivity contribution in [2.45, 2.75) is 13.5 Å². The number of hydrogen-bond acceptors (Lipinski definition) is 3. The predicted molar refractivity (Wildman–Crippen MR) is 97.7 cm³/mol. The SMILES string of the molecule is CCn1c(=O)c(C(=O)Nc2ccc(Cl)cc2)cc2c(N)cccc21. The number of amides is 1. The Morgan fingerprint density at radius 2 is 1.92 bits per heavy atom. The van der Waals surface area contributed by atoms with E-state index in [0.29, 0.717) is 33.8 Å². The molecule has 0 fully saturated rings. The van der Waals surface area contributed by atoms with Gasteiger partial charge in [0, 0.05) is 28.3 Å². The Hall–Kier alpha value is -2.79. The highest BCUT2D eigenvalue weighted by Gasteiger charge is 2.16. The van der Waals surface area contributed by atoms with Crippen molar-refractivity contribution in [1.82, 2.24) is 4.57 Å². The zero-order chi connectivity index (χ0) is 17.3. The molecule has 0 bridgehead atoms. The number of carbonyl (C=O) groups is 1. The molecule has 0 saturated carbocycles. The molecule has 0 spiro atoms. The maximum Gasteiger partial charge on any atom is 0.263 e. The molecule has 1 heterocycles. The fourth-order valence-corrected chi connectivity index (χ4v) is 2.76. The number of anilines is 2. The molecule has 6 heteroatoms. The second kappa shape index (κ2) is 6.37. The Bertz CT molecular complexity index is 978. The number of fused-ring (bicyclic) bond motifs is 1. The van der Waals surface area contributed by atoms with E-state index in [1.165, 1.54) is 0 Å². The molecule has 3 aromatic rings. The number of nitrogens with one attached hydrogen (secondary N) is 1. The summed E-state index contributed by atoms with van der Waals surface area (Å²) in [5.74, 6) is -0.477. The molecule has 0 radical (unpaired) electrons. The summed E-state index contributed by atoms with van der Waals surface area (Å²) in [5.41, 5.74) is 7.51. The van der Waals surface area contributed by atoms with Crippen molar-refractivity contribution in [2.24, 2.45) is 0 Å². The van der Waals surface area contributed by atoms with Crippen LogP contribution in [0.2, 0.25) is 5.02 Å². The molecule has 5 nitrogen and oxygen atoms in total. The zero-order valence-electron chi connectivity index (χ0n) is 13.0. The van der Waals surface area contributed by atoms with Gasteiger partial charge in [0.05, 0.1) is 5.52 Å². The summed E-state index contributed by atoms with van der Waals surface area (Å²) >= 11 is 5.83. The largest absolute Gasteiger partial charge is 0.398 e. The molecule has 0 atom stereocenters. The molecule has 0 unspecified atom stereocenters. The third kappa shape index (κ3) is 2.86. The lowest BCUT2D eigenvalue weighted by molar-refractivity contribution is 0.102. The Morgan fingerprint density at radius 1 is 1.21 bits per heavy atom. The maximum absolute atomic E-state index is 12.7. The molecule has 3 N–H and O–H groups in total. The summed E-state index contributed by atoms with van der Waals surface area (Å²) in [6.45, 7) is 2.30. The highest BCUT2D eigenvalue weighted by atomic mass is 35.5. The summed E-state index contributed by atoms with van der Waals surface area (Å²) in [6.07, 6.45) is 0. The molecule has 122 valence electrons. The predicted octanol–water partition coefficient (Wildman–Crippen LogP) is 3.51. The molecular formula is C18H16ClN3O2. The van der Waals surface area contributed by atoms with E-state index in [0.717, 1.165) is 0 Å². The first-order valence-corrected chi connectivity index (χ1v) is 7.88. The fraction of sp³-hybridized carbons (Fsp3) is 0.111. The number of nitrogens with two attached hydrogens (primary N) is 1. The number of benzene rings is 2. The molecular weight excluding hydrogens is 326 g/mol. The van der Waals surface area contributed by atoms with Crippen LogP contribution in [-0.2, 0) is 6.54 Å². The monoisotopic (exact) mass is 341 g/mol. The maximum atomic E-state index is 12.7. The highest BCUT2D eigenvalue weighted by molar-refractivity contribution is 6.30. The highest BCUT2D eigenvalue weighted by Crippen LogP contribution is 2.21. The van der Waals surface area contributed by atoms with E-state index in [9.17, 15) is 9.59 Å². The van der Waals surface area contributed by atoms with E-state index in [1.807, 2.05) is 13.0 Å². The first kappa shape index (κ1) is 16.1. The normalized spacial score (nSPS) is 10.8. The van der Waals surface area contributed by atoms with Crippen LogP contribution >= 0.6 is 11.6 Å². The topological polar surface area (TPSA) is 77.1 Å². The van der Waals surface area contributed by atoms with Crippen LogP contribution in [0.5, 0.6) is 0 Å². The van der Waals surface area contributed by atoms with Gasteiger partial charge < -0.3 is 15.6 Å². The second-order valence-corrected chi connectivity index (χ2v) is 5.78. The van der Waals surface area contributed by atoms with Gasteiger partial charge in [-0.1, -0.05) is 17.7 Å². The van der Waals surface area contributed by atoms with Gasteiger partial charge in [-0.3, -0.25) is 9.59 Å². The average molecular weight is 342 g/mol. The lowest BCUT2D eigenvalue weighted by Gasteiger charge is -2.12. The molecule has 1 amide bonds. The van der Waals surface area contributed by atoms with Gasteiger partial charge in [0.2, 0.25) is 0 Å². The van der Waals surface area contributed by atoms with Crippen LogP contribution in [0, 0.1) is 0 Å². The number of aromatic nitrogens is 1. The molecule has 24 heavy (non-hydrogen) atoms. The minimum Gasteiger partial charge on any atom is -0.398 e. The van der Waals surface area contributed by atoms with Crippen LogP contribution in [0.15, 0.2) is 53.3 Å². The van der Waals surface area contributed by atoms with Gasteiger partial charge in [-0.15, -0.1) is 0 Å². The number of nitrogen functional groups attached to an aromatic ring is 1. The van der Waals surface area contributed by atoms with Crippen molar-refractivity contribution in [3.63, 3.8) is 0 Å². The van der Waals surface area contributed by atoms with Crippen molar-refractivity contribution in [2.75, 3.05) is 11.1 Å². The van der Waals surface area contributed by atoms with E-state index in [2.05, 4.69) is 5.32 Å². The first-order valence-electron chi connectivity index (χ1n) is 7.50. The van der Waals surface area contributed by atoms with Crippen LogP contribution in [0.25, 0.3) is 10.9 Å². The van der Waals surface area contributed by atoms with Crippen LogP contribution in [0.4, 0.5) is 11.4 Å². The molecule has 3 rings (SSSR count). The van der Waals surface area contributed by atoms with Gasteiger partial charge in [-0.2, -0.15) is 0 Å². The van der Waals surface area contributed by atoms with Crippen LogP contribution in [0.3, 0.4) is 0 Å². The van der Waals surface area contributed by atoms with E-state index in [-0.39, 0.29) is 11.1 Å². The van der Waals surface area contributed by atoms with Gasteiger partial charge >= 0.3 is 0 Å². The standard InChI is InChI=1S/C18H16ClN3O2/c1-2-22-16-5-3-4-15(20)13(16)10-14(18(22)24)17(23)21-12-8-6-11(19)7-9-12/h3-10H,2,20H2,1H3,(H,21,23). The Morgan fingerprint density at radius 3 is 2.58 bits per heavy atom. The van der Waals surface area contributed by atoms with E-state index in [1.54, 1.807) is 47.0 Å². The lowest BCUT2D eigenvalue weighted by atomic mass is 10.1. The summed E-state index contributed by atoms with van der Waals surface area (Å²) in [6, 6.07) is 13.6. The second-order valence-electron chi connectivity index (χ2n) is 5.35. The van der Waals surface area contributed by atoms with E-state index < -0.39 is 5.91 Å². The number of nitrogens with zero attached hydrogens (tertiary/aromatic N) is 1. The minimum atomic E-state index is -0.477. The average Bonchev–Trinajstić information content (AvgIpc) is 2.57. The number of hydrogen-bond donors (Lipinski definition) is 2. The van der Waals surface area contributed by atoms with E-state index >= 15 is 0 Å². The molecule has 1 aromatic heterocycles. The fourth-order valence-electron chi connectivity index (χ4n) is 2.63. The number of pyridine rings is 1. The van der Waals surface area contributed by atoms with Gasteiger partial charge in [0.25, 0.3) is 11.5 Å². The minimum absolute atomic E-state index is 0.0530. The van der Waals surface area contributed by atoms with Gasteiger partial charge in [-0.25, -0.2) is 0 Å². The molecule has 2 aromatic carbocycles. The third-order valence-electron chi connectivity index (χ3n) is 3.83. The van der Waals surface area contributed by atoms with Crippen molar-refractivity contribution < 1.29 is 4.79 Å². The zero-order valence-corrected chi connectivity index (χ0v) is 13.8. The van der Waals surface area contributed by atoms with Crippen molar-refractivity contribution >= 4 is 39.8 Å². The first-order chi connectivity index (χ1) is 11.5. The van der Waals surface area contributed by atoms with Crippen LogP contribution in [-0.4, -0.2) is 10.5 Å². The van der Waals surface area contributed by atoms with Crippen molar-refractivity contribution in [3.05, 3.63) is 69.5 Å². The number of rotatable bonds is 3. The summed E-state index contributed by atoms with van der Waals surface area (Å²) in [5, 5.41) is 3.96. The molecule has 0 saturated heterocycles. The Balaban J connectivity index is 2.10. The van der Waals surface area contributed by atoms with Crippen LogP contribution in [0.1, 0.15) is 17.3 Å². The molecule has 0 aliphatic heterocycles.